The van der Waals surface area contributed by atoms with Crippen molar-refractivity contribution in [1.82, 2.24) is 20.9 Å². The topological polar surface area (TPSA) is 83.1 Å². The van der Waals surface area contributed by atoms with Gasteiger partial charge in [0.15, 0.2) is 0 Å². The highest BCUT2D eigenvalue weighted by Crippen LogP contribution is 2.33. The Balaban J connectivity index is 1.29. The van der Waals surface area contributed by atoms with Gasteiger partial charge in [-0.15, -0.1) is 0 Å². The molecular formula is C16H22N4O2S. The predicted molar refractivity (Wildman–Crippen MR) is 90.0 cm³/mol. The minimum atomic E-state index is -0.0424. The van der Waals surface area contributed by atoms with Gasteiger partial charge in [-0.25, -0.2) is 4.79 Å². The average molecular weight is 334 g/mol. The van der Waals surface area contributed by atoms with Gasteiger partial charge in [0.1, 0.15) is 0 Å². The van der Waals surface area contributed by atoms with E-state index in [0.29, 0.717) is 18.2 Å². The lowest BCUT2D eigenvalue weighted by Crippen LogP contribution is -2.36. The van der Waals surface area contributed by atoms with E-state index in [0.717, 1.165) is 30.7 Å². The summed E-state index contributed by atoms with van der Waals surface area (Å²) in [6.07, 6.45) is 5.20. The van der Waals surface area contributed by atoms with E-state index in [1.165, 1.54) is 0 Å². The van der Waals surface area contributed by atoms with Crippen molar-refractivity contribution < 1.29 is 9.59 Å². The molecule has 3 heterocycles. The molecule has 3 atom stereocenters. The first-order chi connectivity index (χ1) is 11.2. The molecule has 2 saturated heterocycles. The third-order valence-corrected chi connectivity index (χ3v) is 5.78. The van der Waals surface area contributed by atoms with E-state index in [1.807, 2.05) is 30.0 Å². The summed E-state index contributed by atoms with van der Waals surface area (Å²) in [7, 11) is 0. The molecule has 0 saturated carbocycles. The number of urea groups is 1. The van der Waals surface area contributed by atoms with Crippen LogP contribution in [0.4, 0.5) is 4.79 Å². The van der Waals surface area contributed by atoms with Crippen LogP contribution in [-0.2, 0) is 11.3 Å². The summed E-state index contributed by atoms with van der Waals surface area (Å²) >= 11 is 1.92. The van der Waals surface area contributed by atoms with Crippen LogP contribution in [-0.4, -0.2) is 40.0 Å². The number of amides is 3. The van der Waals surface area contributed by atoms with Gasteiger partial charge in [-0.2, -0.15) is 11.8 Å². The maximum Gasteiger partial charge on any atom is 0.315 e. The molecule has 6 nitrogen and oxygen atoms in total. The molecule has 3 N–H and O–H groups in total. The van der Waals surface area contributed by atoms with Gasteiger partial charge in [0.25, 0.3) is 0 Å². The first-order valence-corrected chi connectivity index (χ1v) is 9.12. The summed E-state index contributed by atoms with van der Waals surface area (Å²) in [5, 5.41) is 9.31. The SMILES string of the molecule is O=C(CCCC[C@@H]1SC[C@@H]2NC(=O)N[C@@H]21)NCc1ccccn1. The van der Waals surface area contributed by atoms with Gasteiger partial charge in [-0.3, -0.25) is 9.78 Å². The summed E-state index contributed by atoms with van der Waals surface area (Å²) in [5.74, 6) is 1.06. The quantitative estimate of drug-likeness (QED) is 0.520. The second kappa shape index (κ2) is 7.68. The van der Waals surface area contributed by atoms with Crippen LogP contribution in [0.5, 0.6) is 0 Å². The number of nitrogens with one attached hydrogen (secondary N) is 3. The highest BCUT2D eigenvalue weighted by Gasteiger charge is 2.42. The van der Waals surface area contributed by atoms with Gasteiger partial charge < -0.3 is 16.0 Å². The zero-order valence-corrected chi connectivity index (χ0v) is 13.8. The largest absolute Gasteiger partial charge is 0.350 e. The van der Waals surface area contributed by atoms with Crippen molar-refractivity contribution in [2.45, 2.75) is 49.6 Å². The molecule has 2 aliphatic rings. The molecule has 1 aromatic heterocycles. The van der Waals surface area contributed by atoms with E-state index in [-0.39, 0.29) is 24.0 Å². The van der Waals surface area contributed by atoms with Crippen LogP contribution < -0.4 is 16.0 Å². The lowest BCUT2D eigenvalue weighted by atomic mass is 10.0. The van der Waals surface area contributed by atoms with Crippen LogP contribution in [0.2, 0.25) is 0 Å². The third-order valence-electron chi connectivity index (χ3n) is 4.27. The van der Waals surface area contributed by atoms with Crippen LogP contribution in [0.3, 0.4) is 0 Å². The number of thioether (sulfide) groups is 1. The molecule has 0 radical (unpaired) electrons. The van der Waals surface area contributed by atoms with E-state index < -0.39 is 0 Å². The molecule has 3 amide bonds. The molecule has 2 aliphatic heterocycles. The van der Waals surface area contributed by atoms with Gasteiger partial charge in [0.05, 0.1) is 24.3 Å². The van der Waals surface area contributed by atoms with Gasteiger partial charge in [0, 0.05) is 23.6 Å². The summed E-state index contributed by atoms with van der Waals surface area (Å²) < 4.78 is 0. The van der Waals surface area contributed by atoms with E-state index in [2.05, 4.69) is 20.9 Å². The number of pyridine rings is 1. The Labute approximate surface area is 140 Å². The summed E-state index contributed by atoms with van der Waals surface area (Å²) in [6, 6.07) is 6.17. The second-order valence-corrected chi connectivity index (χ2v) is 7.24. The number of aromatic nitrogens is 1. The third kappa shape index (κ3) is 4.37. The maximum atomic E-state index is 11.8. The first-order valence-electron chi connectivity index (χ1n) is 8.07. The van der Waals surface area contributed by atoms with Crippen molar-refractivity contribution in [2.24, 2.45) is 0 Å². The number of carbonyl (C=O) groups is 2. The summed E-state index contributed by atoms with van der Waals surface area (Å²) in [4.78, 5) is 27.3. The number of carbonyl (C=O) groups excluding carboxylic acids is 2. The Morgan fingerprint density at radius 1 is 1.35 bits per heavy atom. The zero-order chi connectivity index (χ0) is 16.1. The smallest absolute Gasteiger partial charge is 0.315 e. The molecule has 0 spiro atoms. The van der Waals surface area contributed by atoms with Crippen molar-refractivity contribution in [1.29, 1.82) is 0 Å². The van der Waals surface area contributed by atoms with Crippen LogP contribution in [0.25, 0.3) is 0 Å². The minimum absolute atomic E-state index is 0.0424. The van der Waals surface area contributed by atoms with Crippen molar-refractivity contribution in [3.05, 3.63) is 30.1 Å². The molecule has 0 aromatic carbocycles. The Morgan fingerprint density at radius 3 is 3.09 bits per heavy atom. The van der Waals surface area contributed by atoms with E-state index in [1.54, 1.807) is 6.20 Å². The fourth-order valence-electron chi connectivity index (χ4n) is 3.05. The van der Waals surface area contributed by atoms with Crippen LogP contribution >= 0.6 is 11.8 Å². The average Bonchev–Trinajstić information content (AvgIpc) is 3.10. The van der Waals surface area contributed by atoms with Gasteiger partial charge >= 0.3 is 6.03 Å². The molecule has 0 aliphatic carbocycles. The highest BCUT2D eigenvalue weighted by atomic mass is 32.2. The van der Waals surface area contributed by atoms with Crippen molar-refractivity contribution in [3.8, 4) is 0 Å². The molecule has 124 valence electrons. The monoisotopic (exact) mass is 334 g/mol. The number of nitrogens with zero attached hydrogens (tertiary/aromatic N) is 1. The zero-order valence-electron chi connectivity index (χ0n) is 13.0. The van der Waals surface area contributed by atoms with Crippen molar-refractivity contribution in [2.75, 3.05) is 5.75 Å². The standard InChI is InChI=1S/C16H22N4O2S/c21-14(18-9-11-5-3-4-8-17-11)7-2-1-6-13-15-12(10-23-13)19-16(22)20-15/h3-5,8,12-13,15H,1-2,6-7,9-10H2,(H,18,21)(H2,19,20,22)/t12-,13-,15-/m0/s1. The van der Waals surface area contributed by atoms with Crippen LogP contribution in [0.1, 0.15) is 31.4 Å². The molecule has 23 heavy (non-hydrogen) atoms. The lowest BCUT2D eigenvalue weighted by molar-refractivity contribution is -0.121. The normalized spacial score (nSPS) is 25.6. The van der Waals surface area contributed by atoms with E-state index in [9.17, 15) is 9.59 Å². The highest BCUT2D eigenvalue weighted by molar-refractivity contribution is 8.00. The molecule has 2 fully saturated rings. The number of unbranched alkanes of at least 4 members (excludes halogenated alkanes) is 1. The van der Waals surface area contributed by atoms with Gasteiger partial charge in [-0.1, -0.05) is 12.5 Å². The van der Waals surface area contributed by atoms with E-state index >= 15 is 0 Å². The summed E-state index contributed by atoms with van der Waals surface area (Å²) in [5.41, 5.74) is 0.874. The van der Waals surface area contributed by atoms with Crippen LogP contribution in [0.15, 0.2) is 24.4 Å². The molecule has 1 aromatic rings. The lowest BCUT2D eigenvalue weighted by Gasteiger charge is -2.16. The Morgan fingerprint density at radius 2 is 2.26 bits per heavy atom. The molecule has 0 unspecified atom stereocenters. The molecular weight excluding hydrogens is 312 g/mol. The number of rotatable bonds is 7. The van der Waals surface area contributed by atoms with Gasteiger partial charge in [-0.05, 0) is 25.0 Å². The second-order valence-electron chi connectivity index (χ2n) is 5.97. The Bertz CT molecular complexity index is 554. The maximum absolute atomic E-state index is 11.8. The van der Waals surface area contributed by atoms with E-state index in [4.69, 9.17) is 0 Å². The predicted octanol–water partition coefficient (Wildman–Crippen LogP) is 1.42. The number of hydrogen-bond acceptors (Lipinski definition) is 4. The van der Waals surface area contributed by atoms with Crippen molar-refractivity contribution >= 4 is 23.7 Å². The number of hydrogen-bond donors (Lipinski definition) is 3. The number of fused-ring (bicyclic) bond motifs is 1. The first kappa shape index (κ1) is 16.1. The molecule has 0 bridgehead atoms. The molecule has 7 heteroatoms. The fourth-order valence-corrected chi connectivity index (χ4v) is 4.60. The minimum Gasteiger partial charge on any atom is -0.350 e. The Kier molecular flexibility index (Phi) is 5.38. The van der Waals surface area contributed by atoms with Gasteiger partial charge in [0.2, 0.25) is 5.91 Å². The summed E-state index contributed by atoms with van der Waals surface area (Å²) in [6.45, 7) is 0.486. The Hall–Kier alpha value is -1.76. The molecule has 3 rings (SSSR count). The van der Waals surface area contributed by atoms with Crippen LogP contribution in [0, 0.1) is 0 Å². The fraction of sp³-hybridized carbons (Fsp3) is 0.562. The van der Waals surface area contributed by atoms with Crippen molar-refractivity contribution in [3.63, 3.8) is 0 Å².